The summed E-state index contributed by atoms with van der Waals surface area (Å²) in [6, 6.07) is 18.1. The Hall–Kier alpha value is -4.24. The molecule has 0 unspecified atom stereocenters. The standard InChI is InChI=1S/C26H17F3N4OS/c1-33-24(13-22(32-33)16-11-10-15(27)12-20(16)29)25(34)30-21-9-5-3-7-18(21)23-14-35-26(31-23)17-6-2-4-8-19(17)28/h2-14H,1H3,(H,30,34). The Morgan fingerprint density at radius 2 is 1.60 bits per heavy atom. The molecule has 174 valence electrons. The number of hydrogen-bond donors (Lipinski definition) is 1. The van der Waals surface area contributed by atoms with Gasteiger partial charge in [0.05, 0.1) is 17.1 Å². The molecule has 0 aliphatic heterocycles. The van der Waals surface area contributed by atoms with E-state index in [1.165, 1.54) is 34.2 Å². The van der Waals surface area contributed by atoms with E-state index in [2.05, 4.69) is 15.4 Å². The number of anilines is 1. The third-order valence-corrected chi connectivity index (χ3v) is 6.25. The number of nitrogens with zero attached hydrogens (tertiary/aromatic N) is 3. The molecule has 0 saturated heterocycles. The lowest BCUT2D eigenvalue weighted by Gasteiger charge is -2.09. The highest BCUT2D eigenvalue weighted by atomic mass is 32.1. The number of aryl methyl sites for hydroxylation is 1. The Bertz CT molecular complexity index is 1560. The van der Waals surface area contributed by atoms with Gasteiger partial charge in [0.15, 0.2) is 0 Å². The summed E-state index contributed by atoms with van der Waals surface area (Å²) in [7, 11) is 1.56. The lowest BCUT2D eigenvalue weighted by Crippen LogP contribution is -2.16. The third-order valence-electron chi connectivity index (χ3n) is 5.38. The van der Waals surface area contributed by atoms with Crippen molar-refractivity contribution in [3.8, 4) is 33.1 Å². The number of carbonyl (C=O) groups is 1. The molecule has 0 radical (unpaired) electrons. The van der Waals surface area contributed by atoms with Crippen LogP contribution in [-0.4, -0.2) is 20.7 Å². The molecule has 0 aliphatic carbocycles. The fourth-order valence-electron chi connectivity index (χ4n) is 3.67. The highest BCUT2D eigenvalue weighted by molar-refractivity contribution is 7.13. The number of benzene rings is 3. The minimum Gasteiger partial charge on any atom is -0.320 e. The van der Waals surface area contributed by atoms with Gasteiger partial charge in [0.2, 0.25) is 0 Å². The number of hydrogen-bond acceptors (Lipinski definition) is 4. The summed E-state index contributed by atoms with van der Waals surface area (Å²) in [6.07, 6.45) is 0. The first-order valence-corrected chi connectivity index (χ1v) is 11.4. The highest BCUT2D eigenvalue weighted by Crippen LogP contribution is 2.34. The van der Waals surface area contributed by atoms with Crippen molar-refractivity contribution in [2.45, 2.75) is 0 Å². The van der Waals surface area contributed by atoms with Crippen molar-refractivity contribution in [3.63, 3.8) is 0 Å². The van der Waals surface area contributed by atoms with Crippen molar-refractivity contribution in [1.29, 1.82) is 0 Å². The van der Waals surface area contributed by atoms with Crippen LogP contribution in [-0.2, 0) is 7.05 Å². The van der Waals surface area contributed by atoms with Gasteiger partial charge in [0.1, 0.15) is 28.2 Å². The van der Waals surface area contributed by atoms with Gasteiger partial charge < -0.3 is 5.32 Å². The number of rotatable bonds is 5. The monoisotopic (exact) mass is 490 g/mol. The maximum Gasteiger partial charge on any atom is 0.273 e. The van der Waals surface area contributed by atoms with E-state index in [4.69, 9.17) is 0 Å². The zero-order valence-electron chi connectivity index (χ0n) is 18.3. The van der Waals surface area contributed by atoms with Gasteiger partial charge in [-0.2, -0.15) is 5.10 Å². The van der Waals surface area contributed by atoms with Crippen molar-refractivity contribution in [2.24, 2.45) is 7.05 Å². The molecular formula is C26H17F3N4OS. The van der Waals surface area contributed by atoms with Crippen LogP contribution in [0.1, 0.15) is 10.5 Å². The van der Waals surface area contributed by atoms with Crippen LogP contribution in [0.3, 0.4) is 0 Å². The Balaban J connectivity index is 1.43. The molecule has 2 aromatic heterocycles. The molecule has 0 saturated carbocycles. The van der Waals surface area contributed by atoms with Crippen molar-refractivity contribution >= 4 is 22.9 Å². The van der Waals surface area contributed by atoms with E-state index in [1.54, 1.807) is 48.8 Å². The molecule has 5 rings (SSSR count). The van der Waals surface area contributed by atoms with Crippen molar-refractivity contribution in [1.82, 2.24) is 14.8 Å². The predicted molar refractivity (Wildman–Crippen MR) is 129 cm³/mol. The number of aromatic nitrogens is 3. The topological polar surface area (TPSA) is 59.8 Å². The van der Waals surface area contributed by atoms with Crippen molar-refractivity contribution < 1.29 is 18.0 Å². The van der Waals surface area contributed by atoms with Crippen LogP contribution in [0.4, 0.5) is 18.9 Å². The van der Waals surface area contributed by atoms with Crippen LogP contribution in [0.5, 0.6) is 0 Å². The van der Waals surface area contributed by atoms with Crippen LogP contribution < -0.4 is 5.32 Å². The molecule has 5 aromatic rings. The molecule has 3 aromatic carbocycles. The summed E-state index contributed by atoms with van der Waals surface area (Å²) in [4.78, 5) is 17.6. The Morgan fingerprint density at radius 1 is 0.857 bits per heavy atom. The van der Waals surface area contributed by atoms with Crippen LogP contribution >= 0.6 is 11.3 Å². The van der Waals surface area contributed by atoms with Gasteiger partial charge in [0.25, 0.3) is 5.91 Å². The summed E-state index contributed by atoms with van der Waals surface area (Å²) in [5, 5.41) is 9.38. The van der Waals surface area contributed by atoms with Gasteiger partial charge >= 0.3 is 0 Å². The molecule has 0 bridgehead atoms. The Kier molecular flexibility index (Phi) is 5.92. The van der Waals surface area contributed by atoms with Gasteiger partial charge in [-0.1, -0.05) is 30.3 Å². The van der Waals surface area contributed by atoms with Gasteiger partial charge in [0, 0.05) is 35.2 Å². The van der Waals surface area contributed by atoms with E-state index < -0.39 is 17.5 Å². The fraction of sp³-hybridized carbons (Fsp3) is 0.0385. The number of para-hydroxylation sites is 1. The SMILES string of the molecule is Cn1nc(-c2ccc(F)cc2F)cc1C(=O)Nc1ccccc1-c1csc(-c2ccccc2F)n1. The normalized spacial score (nSPS) is 11.0. The maximum absolute atomic E-state index is 14.2. The first kappa shape index (κ1) is 22.5. The van der Waals surface area contributed by atoms with Crippen LogP contribution in [0.15, 0.2) is 78.2 Å². The Labute approximate surface area is 202 Å². The zero-order valence-corrected chi connectivity index (χ0v) is 19.1. The van der Waals surface area contributed by atoms with Gasteiger partial charge in [-0.15, -0.1) is 11.3 Å². The smallest absolute Gasteiger partial charge is 0.273 e. The summed E-state index contributed by atoms with van der Waals surface area (Å²) < 4.78 is 43.0. The average Bonchev–Trinajstić information content (AvgIpc) is 3.47. The summed E-state index contributed by atoms with van der Waals surface area (Å²) in [6.45, 7) is 0. The average molecular weight is 491 g/mol. The molecule has 2 heterocycles. The van der Waals surface area contributed by atoms with Gasteiger partial charge in [-0.05, 0) is 36.4 Å². The quantitative estimate of drug-likeness (QED) is 0.304. The molecular weight excluding hydrogens is 473 g/mol. The number of thiazole rings is 1. The lowest BCUT2D eigenvalue weighted by molar-refractivity contribution is 0.101. The fourth-order valence-corrected chi connectivity index (χ4v) is 4.51. The van der Waals surface area contributed by atoms with E-state index in [1.807, 2.05) is 6.07 Å². The molecule has 35 heavy (non-hydrogen) atoms. The number of carbonyl (C=O) groups excluding carboxylic acids is 1. The van der Waals surface area contributed by atoms with E-state index >= 15 is 0 Å². The van der Waals surface area contributed by atoms with Crippen molar-refractivity contribution in [2.75, 3.05) is 5.32 Å². The summed E-state index contributed by atoms with van der Waals surface area (Å²) in [5.41, 5.74) is 2.63. The largest absolute Gasteiger partial charge is 0.320 e. The second kappa shape index (κ2) is 9.19. The number of halogens is 3. The molecule has 0 fully saturated rings. The predicted octanol–water partition coefficient (Wildman–Crippen LogP) is 6.55. The van der Waals surface area contributed by atoms with Gasteiger partial charge in [-0.3, -0.25) is 9.48 Å². The highest BCUT2D eigenvalue weighted by Gasteiger charge is 2.19. The van der Waals surface area contributed by atoms with Crippen LogP contribution in [0.2, 0.25) is 0 Å². The maximum atomic E-state index is 14.2. The molecule has 9 heteroatoms. The Morgan fingerprint density at radius 3 is 2.37 bits per heavy atom. The van der Waals surface area contributed by atoms with E-state index in [9.17, 15) is 18.0 Å². The van der Waals surface area contributed by atoms with E-state index in [0.29, 0.717) is 27.5 Å². The van der Waals surface area contributed by atoms with E-state index in [-0.39, 0.29) is 22.8 Å². The summed E-state index contributed by atoms with van der Waals surface area (Å²) in [5.74, 6) is -2.29. The second-order valence-electron chi connectivity index (χ2n) is 7.68. The van der Waals surface area contributed by atoms with E-state index in [0.717, 1.165) is 12.1 Å². The first-order valence-electron chi connectivity index (χ1n) is 10.5. The van der Waals surface area contributed by atoms with Crippen molar-refractivity contribution in [3.05, 3.63) is 101 Å². The van der Waals surface area contributed by atoms with Crippen LogP contribution in [0.25, 0.3) is 33.1 Å². The lowest BCUT2D eigenvalue weighted by atomic mass is 10.1. The minimum absolute atomic E-state index is 0.0876. The first-order chi connectivity index (χ1) is 16.9. The number of amides is 1. The minimum atomic E-state index is -0.769. The second-order valence-corrected chi connectivity index (χ2v) is 8.54. The summed E-state index contributed by atoms with van der Waals surface area (Å²) >= 11 is 1.30. The molecule has 0 aliphatic rings. The molecule has 5 nitrogen and oxygen atoms in total. The zero-order chi connectivity index (χ0) is 24.5. The molecule has 0 spiro atoms. The number of nitrogens with one attached hydrogen (secondary N) is 1. The van der Waals surface area contributed by atoms with Gasteiger partial charge in [-0.25, -0.2) is 18.2 Å². The van der Waals surface area contributed by atoms with Crippen LogP contribution in [0, 0.1) is 17.5 Å². The molecule has 1 amide bonds. The molecule has 0 atom stereocenters. The molecule has 1 N–H and O–H groups in total. The third kappa shape index (κ3) is 4.45.